The number of rotatable bonds is 7. The molecule has 0 aliphatic heterocycles. The molecule has 1 amide bonds. The molecule has 2 atom stereocenters. The third-order valence-corrected chi connectivity index (χ3v) is 6.68. The Bertz CT molecular complexity index is 849. The van der Waals surface area contributed by atoms with Crippen LogP contribution in [-0.2, 0) is 14.6 Å². The van der Waals surface area contributed by atoms with Crippen molar-refractivity contribution in [2.75, 3.05) is 6.26 Å². The van der Waals surface area contributed by atoms with E-state index < -0.39 is 9.84 Å². The van der Waals surface area contributed by atoms with Crippen molar-refractivity contribution in [1.82, 2.24) is 5.32 Å². The van der Waals surface area contributed by atoms with E-state index in [1.807, 2.05) is 26.0 Å². The lowest BCUT2D eigenvalue weighted by Crippen LogP contribution is -2.34. The molecule has 0 heterocycles. The van der Waals surface area contributed by atoms with E-state index in [0.29, 0.717) is 11.4 Å². The monoisotopic (exact) mass is 411 g/mol. The smallest absolute Gasteiger partial charge is 0.233 e. The van der Waals surface area contributed by atoms with Crippen molar-refractivity contribution in [3.05, 3.63) is 59.1 Å². The number of nitrogens with one attached hydrogen (secondary N) is 1. The summed E-state index contributed by atoms with van der Waals surface area (Å²) in [6, 6.07) is 13.8. The molecule has 2 rings (SSSR count). The molecule has 0 aliphatic rings. The van der Waals surface area contributed by atoms with E-state index in [1.54, 1.807) is 36.4 Å². The first-order chi connectivity index (χ1) is 12.2. The van der Waals surface area contributed by atoms with Gasteiger partial charge in [0.05, 0.1) is 16.2 Å². The third kappa shape index (κ3) is 5.76. The Morgan fingerprint density at radius 3 is 2.19 bits per heavy atom. The maximum atomic E-state index is 12.6. The van der Waals surface area contributed by atoms with Gasteiger partial charge in [-0.05, 0) is 55.3 Å². The molecule has 1 N–H and O–H groups in total. The minimum absolute atomic E-state index is 0.0489. The fraction of sp³-hybridized carbons (Fsp3) is 0.316. The first kappa shape index (κ1) is 20.8. The highest BCUT2D eigenvalue weighted by molar-refractivity contribution is 8.00. The van der Waals surface area contributed by atoms with Crippen LogP contribution in [0.5, 0.6) is 0 Å². The highest BCUT2D eigenvalue weighted by atomic mass is 35.5. The number of benzene rings is 2. The molecule has 7 heteroatoms. The molecule has 0 saturated heterocycles. The summed E-state index contributed by atoms with van der Waals surface area (Å²) in [4.78, 5) is 13.9. The molecule has 4 nitrogen and oxygen atoms in total. The second kappa shape index (κ2) is 8.93. The van der Waals surface area contributed by atoms with Gasteiger partial charge in [-0.25, -0.2) is 8.42 Å². The zero-order valence-electron chi connectivity index (χ0n) is 14.9. The van der Waals surface area contributed by atoms with Crippen LogP contribution in [0.3, 0.4) is 0 Å². The number of carbonyl (C=O) groups excluding carboxylic acids is 1. The van der Waals surface area contributed by atoms with Crippen LogP contribution in [0.1, 0.15) is 31.9 Å². The van der Waals surface area contributed by atoms with Gasteiger partial charge >= 0.3 is 0 Å². The lowest BCUT2D eigenvalue weighted by atomic mass is 10.1. The van der Waals surface area contributed by atoms with Crippen molar-refractivity contribution in [1.29, 1.82) is 0 Å². The quantitative estimate of drug-likeness (QED) is 0.681. The van der Waals surface area contributed by atoms with E-state index in [2.05, 4.69) is 5.32 Å². The maximum absolute atomic E-state index is 12.6. The van der Waals surface area contributed by atoms with E-state index in [1.165, 1.54) is 18.0 Å². The molecule has 0 unspecified atom stereocenters. The molecular formula is C19H22ClNO3S2. The molecule has 2 aromatic carbocycles. The van der Waals surface area contributed by atoms with Crippen molar-refractivity contribution in [3.63, 3.8) is 0 Å². The minimum atomic E-state index is -3.22. The van der Waals surface area contributed by atoms with Gasteiger partial charge in [0.25, 0.3) is 0 Å². The number of carbonyl (C=O) groups is 1. The Hall–Kier alpha value is -1.50. The van der Waals surface area contributed by atoms with Crippen molar-refractivity contribution < 1.29 is 13.2 Å². The van der Waals surface area contributed by atoms with Gasteiger partial charge in [-0.2, -0.15) is 0 Å². The normalized spacial score (nSPS) is 13.8. The van der Waals surface area contributed by atoms with Gasteiger partial charge in [0.15, 0.2) is 9.84 Å². The molecule has 0 radical (unpaired) electrons. The van der Waals surface area contributed by atoms with Crippen LogP contribution in [0.15, 0.2) is 58.3 Å². The molecule has 0 aliphatic carbocycles. The van der Waals surface area contributed by atoms with E-state index in [-0.39, 0.29) is 22.1 Å². The van der Waals surface area contributed by atoms with Gasteiger partial charge in [-0.15, -0.1) is 11.8 Å². The number of halogens is 1. The van der Waals surface area contributed by atoms with E-state index in [4.69, 9.17) is 11.6 Å². The molecule has 0 saturated carbocycles. The molecular weight excluding hydrogens is 390 g/mol. The predicted octanol–water partition coefficient (Wildman–Crippen LogP) is 4.49. The predicted molar refractivity (Wildman–Crippen MR) is 107 cm³/mol. The van der Waals surface area contributed by atoms with Crippen molar-refractivity contribution in [2.45, 2.75) is 41.4 Å². The van der Waals surface area contributed by atoms with Crippen LogP contribution in [0.25, 0.3) is 0 Å². The molecule has 2 aromatic rings. The summed E-state index contributed by atoms with van der Waals surface area (Å²) < 4.78 is 23.1. The second-order valence-electron chi connectivity index (χ2n) is 6.04. The summed E-state index contributed by atoms with van der Waals surface area (Å²) in [5, 5.41) is 3.45. The summed E-state index contributed by atoms with van der Waals surface area (Å²) >= 11 is 7.39. The van der Waals surface area contributed by atoms with Gasteiger partial charge in [-0.1, -0.05) is 30.7 Å². The Morgan fingerprint density at radius 1 is 1.12 bits per heavy atom. The Balaban J connectivity index is 2.03. The number of hydrogen-bond acceptors (Lipinski definition) is 4. The van der Waals surface area contributed by atoms with E-state index in [9.17, 15) is 13.2 Å². The minimum Gasteiger partial charge on any atom is -0.349 e. The van der Waals surface area contributed by atoms with Crippen LogP contribution in [0.2, 0.25) is 5.02 Å². The summed E-state index contributed by atoms with van der Waals surface area (Å²) in [5.41, 5.74) is 0.858. The van der Waals surface area contributed by atoms with E-state index >= 15 is 0 Å². The zero-order chi connectivity index (χ0) is 19.3. The SMILES string of the molecule is CC[C@H](Sc1ccc(Cl)cc1)C(=O)N[C@H](C)c1ccc(S(C)(=O)=O)cc1. The van der Waals surface area contributed by atoms with Crippen LogP contribution in [0.4, 0.5) is 0 Å². The first-order valence-electron chi connectivity index (χ1n) is 8.23. The molecule has 140 valence electrons. The fourth-order valence-corrected chi connectivity index (χ4v) is 4.11. The van der Waals surface area contributed by atoms with Crippen LogP contribution < -0.4 is 5.32 Å². The molecule has 26 heavy (non-hydrogen) atoms. The first-order valence-corrected chi connectivity index (χ1v) is 11.4. The van der Waals surface area contributed by atoms with Gasteiger partial charge in [0.1, 0.15) is 0 Å². The summed E-state index contributed by atoms with van der Waals surface area (Å²) in [6.45, 7) is 3.85. The van der Waals surface area contributed by atoms with Gasteiger partial charge in [0.2, 0.25) is 5.91 Å². The highest BCUT2D eigenvalue weighted by Gasteiger charge is 2.20. The molecule has 0 spiro atoms. The maximum Gasteiger partial charge on any atom is 0.233 e. The lowest BCUT2D eigenvalue weighted by Gasteiger charge is -2.19. The van der Waals surface area contributed by atoms with Crippen LogP contribution in [-0.4, -0.2) is 25.8 Å². The van der Waals surface area contributed by atoms with Gasteiger partial charge in [-0.3, -0.25) is 4.79 Å². The van der Waals surface area contributed by atoms with Crippen LogP contribution >= 0.6 is 23.4 Å². The Kier molecular flexibility index (Phi) is 7.15. The average Bonchev–Trinajstić information content (AvgIpc) is 2.60. The molecule has 0 aromatic heterocycles. The molecule has 0 bridgehead atoms. The number of hydrogen-bond donors (Lipinski definition) is 1. The Labute approximate surface area is 164 Å². The average molecular weight is 412 g/mol. The standard InChI is InChI=1S/C19H22ClNO3S2/c1-4-18(25-16-9-7-15(20)8-10-16)19(22)21-13(2)14-5-11-17(12-6-14)26(3,23)24/h5-13,18H,4H2,1-3H3,(H,21,22)/t13-,18+/m1/s1. The lowest BCUT2D eigenvalue weighted by molar-refractivity contribution is -0.121. The largest absolute Gasteiger partial charge is 0.349 e. The number of sulfone groups is 1. The number of thioether (sulfide) groups is 1. The summed E-state index contributed by atoms with van der Waals surface area (Å²) in [7, 11) is -3.22. The third-order valence-electron chi connectivity index (χ3n) is 3.92. The summed E-state index contributed by atoms with van der Waals surface area (Å²) in [6.07, 6.45) is 1.87. The van der Waals surface area contributed by atoms with Crippen molar-refractivity contribution >= 4 is 39.1 Å². The molecule has 0 fully saturated rings. The van der Waals surface area contributed by atoms with Crippen LogP contribution in [0, 0.1) is 0 Å². The summed E-state index contributed by atoms with van der Waals surface area (Å²) in [5.74, 6) is -0.0489. The van der Waals surface area contributed by atoms with Crippen molar-refractivity contribution in [2.24, 2.45) is 0 Å². The Morgan fingerprint density at radius 2 is 1.69 bits per heavy atom. The zero-order valence-corrected chi connectivity index (χ0v) is 17.3. The van der Waals surface area contributed by atoms with Gasteiger partial charge in [0, 0.05) is 16.2 Å². The second-order valence-corrected chi connectivity index (χ2v) is 9.77. The van der Waals surface area contributed by atoms with Gasteiger partial charge < -0.3 is 5.32 Å². The van der Waals surface area contributed by atoms with E-state index in [0.717, 1.165) is 10.5 Å². The van der Waals surface area contributed by atoms with Crippen molar-refractivity contribution in [3.8, 4) is 0 Å². The fourth-order valence-electron chi connectivity index (χ4n) is 2.39. The highest BCUT2D eigenvalue weighted by Crippen LogP contribution is 2.27. The topological polar surface area (TPSA) is 63.2 Å². The number of amides is 1.